The minimum atomic E-state index is -0.336. The van der Waals surface area contributed by atoms with Gasteiger partial charge in [0.25, 0.3) is 0 Å². The number of aryl methyl sites for hydroxylation is 1. The van der Waals surface area contributed by atoms with E-state index in [1.807, 2.05) is 30.3 Å². The Bertz CT molecular complexity index is 677. The minimum Gasteiger partial charge on any atom is -0.360 e. The molecule has 1 aromatic heterocycles. The fourth-order valence-electron chi connectivity index (χ4n) is 1.76. The Morgan fingerprint density at radius 3 is 2.68 bits per heavy atom. The first-order valence-corrected chi connectivity index (χ1v) is 6.76. The van der Waals surface area contributed by atoms with Crippen LogP contribution in [0.3, 0.4) is 0 Å². The summed E-state index contributed by atoms with van der Waals surface area (Å²) < 4.78 is 4.85. The summed E-state index contributed by atoms with van der Waals surface area (Å²) in [6.07, 6.45) is 3.14. The van der Waals surface area contributed by atoms with Crippen LogP contribution in [0.15, 0.2) is 47.0 Å². The first kappa shape index (κ1) is 15.5. The van der Waals surface area contributed by atoms with Crippen LogP contribution < -0.4 is 5.32 Å². The highest BCUT2D eigenvalue weighted by atomic mass is 16.5. The van der Waals surface area contributed by atoms with Gasteiger partial charge in [-0.1, -0.05) is 35.5 Å². The van der Waals surface area contributed by atoms with Crippen LogP contribution in [0.25, 0.3) is 6.08 Å². The molecular formula is C16H17N3O3. The van der Waals surface area contributed by atoms with Gasteiger partial charge in [-0.05, 0) is 18.6 Å². The smallest absolute Gasteiger partial charge is 0.246 e. The number of benzene rings is 1. The van der Waals surface area contributed by atoms with Crippen molar-refractivity contribution >= 4 is 23.7 Å². The number of nitrogens with zero attached hydrogens (tertiary/aromatic N) is 2. The van der Waals surface area contributed by atoms with Crippen molar-refractivity contribution in [1.82, 2.24) is 10.1 Å². The zero-order valence-electron chi connectivity index (χ0n) is 12.4. The van der Waals surface area contributed by atoms with Crippen LogP contribution >= 0.6 is 0 Å². The third kappa shape index (κ3) is 4.59. The molecule has 6 nitrogen and oxygen atoms in total. The van der Waals surface area contributed by atoms with Gasteiger partial charge in [0.05, 0.1) is 6.54 Å². The van der Waals surface area contributed by atoms with Crippen molar-refractivity contribution in [1.29, 1.82) is 0 Å². The lowest BCUT2D eigenvalue weighted by Crippen LogP contribution is -2.33. The van der Waals surface area contributed by atoms with Crippen molar-refractivity contribution in [3.63, 3.8) is 0 Å². The van der Waals surface area contributed by atoms with Crippen LogP contribution in [0.1, 0.15) is 11.3 Å². The second kappa shape index (κ2) is 7.21. The highest BCUT2D eigenvalue weighted by Gasteiger charge is 2.12. The van der Waals surface area contributed by atoms with E-state index >= 15 is 0 Å². The van der Waals surface area contributed by atoms with E-state index in [9.17, 15) is 9.59 Å². The molecule has 0 unspecified atom stereocenters. The molecule has 0 radical (unpaired) electrons. The third-order valence-electron chi connectivity index (χ3n) is 2.87. The zero-order valence-corrected chi connectivity index (χ0v) is 12.4. The quantitative estimate of drug-likeness (QED) is 0.858. The van der Waals surface area contributed by atoms with Crippen LogP contribution in [-0.4, -0.2) is 35.5 Å². The Hall–Kier alpha value is -2.89. The lowest BCUT2D eigenvalue weighted by Gasteiger charge is -2.13. The Balaban J connectivity index is 1.85. The zero-order chi connectivity index (χ0) is 15.9. The Labute approximate surface area is 128 Å². The Morgan fingerprint density at radius 2 is 2.05 bits per heavy atom. The SMILES string of the molecule is Cc1cc(NC(=O)CN(C)C(=O)/C=C/c2ccccc2)no1. The molecule has 6 heteroatoms. The second-order valence-electron chi connectivity index (χ2n) is 4.81. The van der Waals surface area contributed by atoms with Gasteiger partial charge in [-0.25, -0.2) is 0 Å². The van der Waals surface area contributed by atoms with E-state index in [0.717, 1.165) is 5.56 Å². The Kier molecular flexibility index (Phi) is 5.08. The summed E-state index contributed by atoms with van der Waals surface area (Å²) in [6, 6.07) is 11.1. The van der Waals surface area contributed by atoms with Gasteiger partial charge in [-0.3, -0.25) is 9.59 Å². The molecule has 0 aliphatic carbocycles. The number of amides is 2. The van der Waals surface area contributed by atoms with Gasteiger partial charge in [0.2, 0.25) is 11.8 Å². The van der Waals surface area contributed by atoms with Crippen molar-refractivity contribution in [2.45, 2.75) is 6.92 Å². The maximum absolute atomic E-state index is 11.9. The summed E-state index contributed by atoms with van der Waals surface area (Å²) in [5.41, 5.74) is 0.923. The van der Waals surface area contributed by atoms with Gasteiger partial charge in [-0.2, -0.15) is 0 Å². The number of carbonyl (C=O) groups is 2. The molecule has 114 valence electrons. The predicted molar refractivity (Wildman–Crippen MR) is 83.0 cm³/mol. The molecule has 0 saturated carbocycles. The third-order valence-corrected chi connectivity index (χ3v) is 2.87. The predicted octanol–water partition coefficient (Wildman–Crippen LogP) is 2.09. The van der Waals surface area contributed by atoms with Crippen molar-refractivity contribution in [2.24, 2.45) is 0 Å². The lowest BCUT2D eigenvalue weighted by atomic mass is 10.2. The fourth-order valence-corrected chi connectivity index (χ4v) is 1.76. The van der Waals surface area contributed by atoms with E-state index in [0.29, 0.717) is 11.6 Å². The van der Waals surface area contributed by atoms with Crippen molar-refractivity contribution in [3.8, 4) is 0 Å². The van der Waals surface area contributed by atoms with Crippen LogP contribution in [0.4, 0.5) is 5.82 Å². The number of likely N-dealkylation sites (N-methyl/N-ethyl adjacent to an activating group) is 1. The number of aromatic nitrogens is 1. The van der Waals surface area contributed by atoms with Gasteiger partial charge >= 0.3 is 0 Å². The Morgan fingerprint density at radius 1 is 1.32 bits per heavy atom. The largest absolute Gasteiger partial charge is 0.360 e. The van der Waals surface area contributed by atoms with Crippen molar-refractivity contribution < 1.29 is 14.1 Å². The number of nitrogens with one attached hydrogen (secondary N) is 1. The van der Waals surface area contributed by atoms with E-state index in [1.165, 1.54) is 11.0 Å². The van der Waals surface area contributed by atoms with Gasteiger partial charge in [0.15, 0.2) is 5.82 Å². The fraction of sp³-hybridized carbons (Fsp3) is 0.188. The first-order valence-electron chi connectivity index (χ1n) is 6.76. The van der Waals surface area contributed by atoms with E-state index in [2.05, 4.69) is 10.5 Å². The van der Waals surface area contributed by atoms with Gasteiger partial charge in [0, 0.05) is 19.2 Å². The normalized spacial score (nSPS) is 10.6. The van der Waals surface area contributed by atoms with Crippen molar-refractivity contribution in [2.75, 3.05) is 18.9 Å². The summed E-state index contributed by atoms with van der Waals surface area (Å²) in [5.74, 6) is 0.348. The van der Waals surface area contributed by atoms with Crippen molar-refractivity contribution in [3.05, 3.63) is 53.8 Å². The summed E-state index contributed by atoms with van der Waals surface area (Å²) in [4.78, 5) is 25.1. The maximum Gasteiger partial charge on any atom is 0.246 e. The van der Waals surface area contributed by atoms with E-state index in [-0.39, 0.29) is 18.4 Å². The van der Waals surface area contributed by atoms with Crippen LogP contribution in [-0.2, 0) is 9.59 Å². The molecule has 1 heterocycles. The van der Waals surface area contributed by atoms with E-state index < -0.39 is 0 Å². The molecule has 0 atom stereocenters. The minimum absolute atomic E-state index is 0.0656. The van der Waals surface area contributed by atoms with Gasteiger partial charge < -0.3 is 14.7 Å². The average Bonchev–Trinajstić information content (AvgIpc) is 2.90. The number of carbonyl (C=O) groups excluding carboxylic acids is 2. The van der Waals surface area contributed by atoms with Gasteiger partial charge in [-0.15, -0.1) is 0 Å². The maximum atomic E-state index is 11.9. The number of hydrogen-bond acceptors (Lipinski definition) is 4. The molecular weight excluding hydrogens is 282 g/mol. The summed E-state index contributed by atoms with van der Waals surface area (Å²) in [5, 5.41) is 6.22. The summed E-state index contributed by atoms with van der Waals surface area (Å²) >= 11 is 0. The highest BCUT2D eigenvalue weighted by Crippen LogP contribution is 2.07. The number of rotatable bonds is 5. The molecule has 1 N–H and O–H groups in total. The molecule has 0 aliphatic heterocycles. The lowest BCUT2D eigenvalue weighted by molar-refractivity contribution is -0.129. The van der Waals surface area contributed by atoms with E-state index in [4.69, 9.17) is 4.52 Å². The van der Waals surface area contributed by atoms with Gasteiger partial charge in [0.1, 0.15) is 5.76 Å². The molecule has 1 aromatic carbocycles. The molecule has 0 saturated heterocycles. The molecule has 2 rings (SSSR count). The second-order valence-corrected chi connectivity index (χ2v) is 4.81. The molecule has 0 aliphatic rings. The topological polar surface area (TPSA) is 75.4 Å². The molecule has 22 heavy (non-hydrogen) atoms. The molecule has 2 aromatic rings. The first-order chi connectivity index (χ1) is 10.5. The molecule has 0 fully saturated rings. The summed E-state index contributed by atoms with van der Waals surface area (Å²) in [7, 11) is 1.56. The van der Waals surface area contributed by atoms with Crippen LogP contribution in [0.2, 0.25) is 0 Å². The van der Waals surface area contributed by atoms with Crippen LogP contribution in [0.5, 0.6) is 0 Å². The average molecular weight is 299 g/mol. The number of anilines is 1. The number of hydrogen-bond donors (Lipinski definition) is 1. The molecule has 0 bridgehead atoms. The monoisotopic (exact) mass is 299 g/mol. The molecule has 2 amide bonds. The summed E-state index contributed by atoms with van der Waals surface area (Å²) in [6.45, 7) is 1.66. The highest BCUT2D eigenvalue weighted by molar-refractivity contribution is 5.97. The standard InChI is InChI=1S/C16H17N3O3/c1-12-10-14(18-22-12)17-15(20)11-19(2)16(21)9-8-13-6-4-3-5-7-13/h3-10H,11H2,1-2H3,(H,17,18,20)/b9-8+. The van der Waals surface area contributed by atoms with Crippen LogP contribution in [0, 0.1) is 6.92 Å². The van der Waals surface area contributed by atoms with E-state index in [1.54, 1.807) is 26.1 Å². The molecule has 0 spiro atoms.